The Morgan fingerprint density at radius 2 is 1.94 bits per heavy atom. The van der Waals surface area contributed by atoms with Crippen molar-refractivity contribution in [3.63, 3.8) is 0 Å². The van der Waals surface area contributed by atoms with Gasteiger partial charge in [0, 0.05) is 20.1 Å². The summed E-state index contributed by atoms with van der Waals surface area (Å²) in [5.74, 6) is 0.0791. The Hall–Kier alpha value is -0.650. The highest BCUT2D eigenvalue weighted by atomic mass is 16.5. The minimum absolute atomic E-state index is 0.0791. The molecule has 0 fully saturated rings. The zero-order valence-electron chi connectivity index (χ0n) is 12.0. The van der Waals surface area contributed by atoms with Gasteiger partial charge in [-0.3, -0.25) is 4.79 Å². The molecule has 108 valence electrons. The van der Waals surface area contributed by atoms with E-state index in [0.29, 0.717) is 39.3 Å². The van der Waals surface area contributed by atoms with Crippen molar-refractivity contribution in [1.29, 1.82) is 0 Å². The van der Waals surface area contributed by atoms with Crippen molar-refractivity contribution in [3.8, 4) is 0 Å². The predicted octanol–water partition coefficient (Wildman–Crippen LogP) is 0.921. The van der Waals surface area contributed by atoms with Gasteiger partial charge in [-0.05, 0) is 24.8 Å². The van der Waals surface area contributed by atoms with Gasteiger partial charge in [-0.2, -0.15) is 0 Å². The van der Waals surface area contributed by atoms with E-state index >= 15 is 0 Å². The molecule has 5 nitrogen and oxygen atoms in total. The van der Waals surface area contributed by atoms with E-state index in [0.717, 1.165) is 12.8 Å². The lowest BCUT2D eigenvalue weighted by molar-refractivity contribution is -0.121. The normalized spacial score (nSPS) is 11.6. The molecule has 0 aliphatic carbocycles. The first-order valence-electron chi connectivity index (χ1n) is 6.55. The molecule has 0 aliphatic rings. The van der Waals surface area contributed by atoms with Gasteiger partial charge in [0.25, 0.3) is 0 Å². The first-order valence-corrected chi connectivity index (χ1v) is 6.55. The Balaban J connectivity index is 3.48. The van der Waals surface area contributed by atoms with E-state index in [1.165, 1.54) is 0 Å². The van der Waals surface area contributed by atoms with Crippen LogP contribution in [0, 0.1) is 5.41 Å². The number of carbonyl (C=O) groups is 1. The highest BCUT2D eigenvalue weighted by molar-refractivity contribution is 5.75. The fraction of sp³-hybridized carbons (Fsp3) is 0.923. The third-order valence-electron chi connectivity index (χ3n) is 2.85. The van der Waals surface area contributed by atoms with Crippen molar-refractivity contribution < 1.29 is 14.3 Å². The fourth-order valence-electron chi connectivity index (χ4n) is 1.56. The lowest BCUT2D eigenvalue weighted by Gasteiger charge is -2.23. The predicted molar refractivity (Wildman–Crippen MR) is 72.4 cm³/mol. The number of ether oxygens (including phenoxy) is 2. The zero-order valence-corrected chi connectivity index (χ0v) is 12.0. The van der Waals surface area contributed by atoms with Crippen molar-refractivity contribution >= 4 is 5.91 Å². The molecular weight excluding hydrogens is 232 g/mol. The van der Waals surface area contributed by atoms with Crippen LogP contribution in [-0.2, 0) is 14.3 Å². The van der Waals surface area contributed by atoms with Crippen LogP contribution in [0.15, 0.2) is 0 Å². The second-order valence-electron chi connectivity index (χ2n) is 5.16. The van der Waals surface area contributed by atoms with Crippen LogP contribution < -0.4 is 11.1 Å². The number of methoxy groups -OCH3 is 1. The van der Waals surface area contributed by atoms with Crippen molar-refractivity contribution in [2.75, 3.05) is 40.0 Å². The van der Waals surface area contributed by atoms with Crippen LogP contribution in [0.1, 0.15) is 33.1 Å². The van der Waals surface area contributed by atoms with E-state index in [9.17, 15) is 4.79 Å². The van der Waals surface area contributed by atoms with Crippen molar-refractivity contribution in [1.82, 2.24) is 5.32 Å². The smallest absolute Gasteiger partial charge is 0.220 e. The number of hydrogen-bond donors (Lipinski definition) is 2. The van der Waals surface area contributed by atoms with Gasteiger partial charge in [-0.15, -0.1) is 0 Å². The van der Waals surface area contributed by atoms with Gasteiger partial charge in [0.2, 0.25) is 5.91 Å². The van der Waals surface area contributed by atoms with Crippen LogP contribution >= 0.6 is 0 Å². The lowest BCUT2D eigenvalue weighted by Crippen LogP contribution is -2.29. The van der Waals surface area contributed by atoms with E-state index in [2.05, 4.69) is 19.2 Å². The average molecular weight is 260 g/mol. The minimum Gasteiger partial charge on any atom is -0.382 e. The summed E-state index contributed by atoms with van der Waals surface area (Å²) < 4.78 is 10.1. The summed E-state index contributed by atoms with van der Waals surface area (Å²) in [4.78, 5) is 11.6. The molecule has 0 aromatic heterocycles. The summed E-state index contributed by atoms with van der Waals surface area (Å²) >= 11 is 0. The lowest BCUT2D eigenvalue weighted by atomic mass is 9.84. The number of rotatable bonds is 11. The zero-order chi connectivity index (χ0) is 13.9. The summed E-state index contributed by atoms with van der Waals surface area (Å²) in [5.41, 5.74) is 5.67. The highest BCUT2D eigenvalue weighted by Gasteiger charge is 2.17. The second kappa shape index (κ2) is 10.3. The fourth-order valence-corrected chi connectivity index (χ4v) is 1.56. The van der Waals surface area contributed by atoms with Gasteiger partial charge in [0.1, 0.15) is 0 Å². The Labute approximate surface area is 110 Å². The second-order valence-corrected chi connectivity index (χ2v) is 5.16. The summed E-state index contributed by atoms with van der Waals surface area (Å²) in [6.45, 7) is 7.18. The largest absolute Gasteiger partial charge is 0.382 e. The molecule has 0 aromatic carbocycles. The maximum absolute atomic E-state index is 11.6. The topological polar surface area (TPSA) is 73.6 Å². The van der Waals surface area contributed by atoms with Crippen molar-refractivity contribution in [3.05, 3.63) is 0 Å². The first-order chi connectivity index (χ1) is 8.52. The molecule has 0 unspecified atom stereocenters. The number of amides is 1. The highest BCUT2D eigenvalue weighted by Crippen LogP contribution is 2.25. The minimum atomic E-state index is 0.0791. The van der Waals surface area contributed by atoms with E-state index in [4.69, 9.17) is 15.2 Å². The molecule has 0 rings (SSSR count). The van der Waals surface area contributed by atoms with Gasteiger partial charge in [0.05, 0.1) is 19.8 Å². The van der Waals surface area contributed by atoms with Gasteiger partial charge < -0.3 is 20.5 Å². The Morgan fingerprint density at radius 1 is 1.22 bits per heavy atom. The van der Waals surface area contributed by atoms with Crippen molar-refractivity contribution in [2.45, 2.75) is 33.1 Å². The summed E-state index contributed by atoms with van der Waals surface area (Å²) in [6, 6.07) is 0. The average Bonchev–Trinajstić information content (AvgIpc) is 2.31. The Kier molecular flexibility index (Phi) is 9.92. The van der Waals surface area contributed by atoms with Crippen LogP contribution in [-0.4, -0.2) is 45.9 Å². The molecule has 0 saturated heterocycles. The number of hydrogen-bond acceptors (Lipinski definition) is 4. The Bertz CT molecular complexity index is 220. The summed E-state index contributed by atoms with van der Waals surface area (Å²) in [6.07, 6.45) is 2.35. The van der Waals surface area contributed by atoms with Gasteiger partial charge >= 0.3 is 0 Å². The molecule has 1 amide bonds. The SMILES string of the molecule is COCCOCCNC(=O)CCC(C)(C)CCN. The molecule has 5 heteroatoms. The molecule has 0 atom stereocenters. The van der Waals surface area contributed by atoms with Crippen molar-refractivity contribution in [2.24, 2.45) is 11.1 Å². The van der Waals surface area contributed by atoms with E-state index < -0.39 is 0 Å². The van der Waals surface area contributed by atoms with E-state index in [-0.39, 0.29) is 11.3 Å². The quantitative estimate of drug-likeness (QED) is 0.542. The molecule has 0 radical (unpaired) electrons. The van der Waals surface area contributed by atoms with Gasteiger partial charge in [-0.1, -0.05) is 13.8 Å². The van der Waals surface area contributed by atoms with Crippen LogP contribution in [0.25, 0.3) is 0 Å². The third-order valence-corrected chi connectivity index (χ3v) is 2.85. The molecule has 0 aliphatic heterocycles. The first kappa shape index (κ1) is 17.4. The van der Waals surface area contributed by atoms with Gasteiger partial charge in [-0.25, -0.2) is 0 Å². The number of nitrogens with one attached hydrogen (secondary N) is 1. The summed E-state index contributed by atoms with van der Waals surface area (Å²) in [5, 5.41) is 2.84. The standard InChI is InChI=1S/C13H28N2O3/c1-13(2,6-7-14)5-4-12(16)15-8-9-18-11-10-17-3/h4-11,14H2,1-3H3,(H,15,16). The number of nitrogens with two attached hydrogens (primary N) is 1. The maximum Gasteiger partial charge on any atom is 0.220 e. The molecular formula is C13H28N2O3. The molecule has 0 spiro atoms. The Morgan fingerprint density at radius 3 is 2.56 bits per heavy atom. The molecule has 3 N–H and O–H groups in total. The molecule has 0 bridgehead atoms. The molecule has 0 saturated carbocycles. The molecule has 18 heavy (non-hydrogen) atoms. The van der Waals surface area contributed by atoms with Gasteiger partial charge in [0.15, 0.2) is 0 Å². The molecule has 0 aromatic rings. The van der Waals surface area contributed by atoms with Crippen LogP contribution in [0.2, 0.25) is 0 Å². The summed E-state index contributed by atoms with van der Waals surface area (Å²) in [7, 11) is 1.63. The monoisotopic (exact) mass is 260 g/mol. The molecule has 0 heterocycles. The third kappa shape index (κ3) is 10.5. The number of carbonyl (C=O) groups excluding carboxylic acids is 1. The van der Waals surface area contributed by atoms with Crippen LogP contribution in [0.5, 0.6) is 0 Å². The van der Waals surface area contributed by atoms with Crippen LogP contribution in [0.4, 0.5) is 0 Å². The maximum atomic E-state index is 11.6. The van der Waals surface area contributed by atoms with Crippen LogP contribution in [0.3, 0.4) is 0 Å². The van der Waals surface area contributed by atoms with E-state index in [1.807, 2.05) is 0 Å². The van der Waals surface area contributed by atoms with E-state index in [1.54, 1.807) is 7.11 Å².